The van der Waals surface area contributed by atoms with Crippen molar-refractivity contribution >= 4 is 0 Å². The van der Waals surface area contributed by atoms with E-state index >= 15 is 0 Å². The third kappa shape index (κ3) is 11.8. The van der Waals surface area contributed by atoms with Gasteiger partial charge in [0.1, 0.15) is 0 Å². The summed E-state index contributed by atoms with van der Waals surface area (Å²) in [5.41, 5.74) is 0. The largest absolute Gasteiger partial charge is 0.308 e. The Morgan fingerprint density at radius 2 is 1.27 bits per heavy atom. The number of likely N-dealkylation sites (N-methyl/N-ethyl adjacent to an activating group) is 2. The van der Waals surface area contributed by atoms with Gasteiger partial charge in [0.25, 0.3) is 0 Å². The zero-order valence-corrected chi connectivity index (χ0v) is 11.3. The molecule has 0 aromatic carbocycles. The Balaban J connectivity index is 3.13. The third-order valence-electron chi connectivity index (χ3n) is 2.82. The number of rotatable bonds is 10. The van der Waals surface area contributed by atoms with E-state index in [4.69, 9.17) is 0 Å². The predicted octanol–water partition coefficient (Wildman–Crippen LogP) is 2.84. The second-order valence-corrected chi connectivity index (χ2v) is 4.87. The molecule has 0 rings (SSSR count). The van der Waals surface area contributed by atoms with Crippen LogP contribution in [0.15, 0.2) is 0 Å². The highest BCUT2D eigenvalue weighted by Gasteiger charge is 1.98. The summed E-state index contributed by atoms with van der Waals surface area (Å²) in [6, 6.07) is 0. The molecule has 0 aromatic rings. The fourth-order valence-electron chi connectivity index (χ4n) is 1.64. The van der Waals surface area contributed by atoms with Gasteiger partial charge in [-0.1, -0.05) is 39.0 Å². The van der Waals surface area contributed by atoms with Gasteiger partial charge in [-0.15, -0.1) is 0 Å². The highest BCUT2D eigenvalue weighted by atomic mass is 15.1. The molecule has 0 amide bonds. The van der Waals surface area contributed by atoms with Crippen molar-refractivity contribution in [1.29, 1.82) is 0 Å². The minimum atomic E-state index is 1.17. The van der Waals surface area contributed by atoms with Crippen LogP contribution in [0.4, 0.5) is 0 Å². The van der Waals surface area contributed by atoms with Gasteiger partial charge >= 0.3 is 0 Å². The van der Waals surface area contributed by atoms with Crippen molar-refractivity contribution in [2.75, 3.05) is 40.8 Å². The van der Waals surface area contributed by atoms with Crippen LogP contribution in [-0.2, 0) is 0 Å². The summed E-state index contributed by atoms with van der Waals surface area (Å²) in [4.78, 5) is 4.69. The topological polar surface area (TPSA) is 6.48 Å². The quantitative estimate of drug-likeness (QED) is 0.516. The fourth-order valence-corrected chi connectivity index (χ4v) is 1.64. The van der Waals surface area contributed by atoms with E-state index in [1.807, 2.05) is 0 Å². The summed E-state index contributed by atoms with van der Waals surface area (Å²) in [5.74, 6) is 0. The van der Waals surface area contributed by atoms with E-state index in [-0.39, 0.29) is 0 Å². The normalized spacial score (nSPS) is 11.6. The summed E-state index contributed by atoms with van der Waals surface area (Å²) < 4.78 is 0. The van der Waals surface area contributed by atoms with Gasteiger partial charge in [0.15, 0.2) is 0 Å². The molecule has 0 aliphatic rings. The zero-order chi connectivity index (χ0) is 11.5. The zero-order valence-electron chi connectivity index (χ0n) is 11.3. The van der Waals surface area contributed by atoms with Gasteiger partial charge in [-0.25, -0.2) is 0 Å². The van der Waals surface area contributed by atoms with Crippen molar-refractivity contribution in [2.45, 2.75) is 45.4 Å². The summed E-state index contributed by atoms with van der Waals surface area (Å²) in [5, 5.41) is 0. The molecule has 2 nitrogen and oxygen atoms in total. The molecule has 92 valence electrons. The number of hydrogen-bond acceptors (Lipinski definition) is 2. The van der Waals surface area contributed by atoms with E-state index in [0.29, 0.717) is 0 Å². The van der Waals surface area contributed by atoms with E-state index in [2.05, 4.69) is 37.9 Å². The first-order valence-corrected chi connectivity index (χ1v) is 6.50. The van der Waals surface area contributed by atoms with Gasteiger partial charge in [0.2, 0.25) is 0 Å². The highest BCUT2D eigenvalue weighted by molar-refractivity contribution is 4.54. The molecular formula is C13H30N2. The monoisotopic (exact) mass is 214 g/mol. The number of nitrogens with zero attached hydrogens (tertiary/aromatic N) is 2. The van der Waals surface area contributed by atoms with Gasteiger partial charge in [-0.05, 0) is 34.1 Å². The molecule has 0 bridgehead atoms. The van der Waals surface area contributed by atoms with Gasteiger partial charge in [-0.2, -0.15) is 0 Å². The summed E-state index contributed by atoms with van der Waals surface area (Å²) in [6.45, 7) is 5.91. The molecule has 0 aliphatic carbocycles. The maximum absolute atomic E-state index is 2.44. The van der Waals surface area contributed by atoms with Crippen LogP contribution in [0, 0.1) is 0 Å². The van der Waals surface area contributed by atoms with E-state index in [1.54, 1.807) is 0 Å². The molecule has 2 heteroatoms. The Hall–Kier alpha value is -0.0800. The van der Waals surface area contributed by atoms with Crippen molar-refractivity contribution in [3.8, 4) is 0 Å². The molecule has 0 aliphatic heterocycles. The van der Waals surface area contributed by atoms with E-state index < -0.39 is 0 Å². The Morgan fingerprint density at radius 3 is 1.87 bits per heavy atom. The molecule has 0 radical (unpaired) electrons. The molecule has 0 spiro atoms. The van der Waals surface area contributed by atoms with E-state index in [9.17, 15) is 0 Å². The van der Waals surface area contributed by atoms with Gasteiger partial charge in [0, 0.05) is 13.1 Å². The minimum Gasteiger partial charge on any atom is -0.308 e. The van der Waals surface area contributed by atoms with Crippen molar-refractivity contribution in [1.82, 2.24) is 9.80 Å². The maximum Gasteiger partial charge on any atom is 0.0106 e. The lowest BCUT2D eigenvalue weighted by Gasteiger charge is -2.19. The van der Waals surface area contributed by atoms with Crippen molar-refractivity contribution in [3.05, 3.63) is 0 Å². The first-order valence-electron chi connectivity index (χ1n) is 6.50. The molecule has 0 N–H and O–H groups in total. The third-order valence-corrected chi connectivity index (χ3v) is 2.82. The van der Waals surface area contributed by atoms with Crippen LogP contribution < -0.4 is 0 Å². The molecule has 0 unspecified atom stereocenters. The Morgan fingerprint density at radius 1 is 0.667 bits per heavy atom. The lowest BCUT2D eigenvalue weighted by molar-refractivity contribution is 0.277. The maximum atomic E-state index is 2.44. The highest BCUT2D eigenvalue weighted by Crippen LogP contribution is 2.05. The van der Waals surface area contributed by atoms with Crippen LogP contribution in [0.2, 0.25) is 0 Å². The van der Waals surface area contributed by atoms with Crippen LogP contribution in [0.1, 0.15) is 45.4 Å². The average Bonchev–Trinajstić information content (AvgIpc) is 2.20. The second-order valence-electron chi connectivity index (χ2n) is 4.87. The van der Waals surface area contributed by atoms with Crippen LogP contribution >= 0.6 is 0 Å². The lowest BCUT2D eigenvalue weighted by Crippen LogP contribution is -2.29. The number of hydrogen-bond donors (Lipinski definition) is 0. The van der Waals surface area contributed by atoms with Crippen molar-refractivity contribution < 1.29 is 0 Å². The lowest BCUT2D eigenvalue weighted by atomic mass is 10.1. The van der Waals surface area contributed by atoms with Gasteiger partial charge in [-0.3, -0.25) is 0 Å². The molecule has 15 heavy (non-hydrogen) atoms. The first-order chi connectivity index (χ1) is 7.16. The van der Waals surface area contributed by atoms with Crippen LogP contribution in [0.3, 0.4) is 0 Å². The molecule has 0 aromatic heterocycles. The van der Waals surface area contributed by atoms with Crippen molar-refractivity contribution in [3.63, 3.8) is 0 Å². The SMILES string of the molecule is CCCCCCCCN(C)CCN(C)C. The van der Waals surface area contributed by atoms with Gasteiger partial charge < -0.3 is 9.80 Å². The Bertz CT molecular complexity index is 124. The predicted molar refractivity (Wildman–Crippen MR) is 69.4 cm³/mol. The van der Waals surface area contributed by atoms with Crippen LogP contribution in [0.5, 0.6) is 0 Å². The molecule has 0 fully saturated rings. The number of unbranched alkanes of at least 4 members (excludes halogenated alkanes) is 5. The molecule has 0 heterocycles. The summed E-state index contributed by atoms with van der Waals surface area (Å²) >= 11 is 0. The molecule has 0 saturated heterocycles. The second kappa shape index (κ2) is 10.4. The fraction of sp³-hybridized carbons (Fsp3) is 1.00. The van der Waals surface area contributed by atoms with E-state index in [0.717, 1.165) is 0 Å². The average molecular weight is 214 g/mol. The summed E-state index contributed by atoms with van der Waals surface area (Å²) in [6.07, 6.45) is 8.40. The van der Waals surface area contributed by atoms with Gasteiger partial charge in [0.05, 0.1) is 0 Å². The van der Waals surface area contributed by atoms with E-state index in [1.165, 1.54) is 58.2 Å². The van der Waals surface area contributed by atoms with Crippen molar-refractivity contribution in [2.24, 2.45) is 0 Å². The van der Waals surface area contributed by atoms with Crippen LogP contribution in [-0.4, -0.2) is 50.6 Å². The summed E-state index contributed by atoms with van der Waals surface area (Å²) in [7, 11) is 6.51. The standard InChI is InChI=1S/C13H30N2/c1-5-6-7-8-9-10-11-15(4)13-12-14(2)3/h5-13H2,1-4H3. The van der Waals surface area contributed by atoms with Crippen LogP contribution in [0.25, 0.3) is 0 Å². The molecule has 0 atom stereocenters. The minimum absolute atomic E-state index is 1.17. The Labute approximate surface area is 96.6 Å². The molecular weight excluding hydrogens is 184 g/mol. The smallest absolute Gasteiger partial charge is 0.0106 e. The first kappa shape index (κ1) is 14.9. The Kier molecular flexibility index (Phi) is 10.4. The molecule has 0 saturated carbocycles.